The fourth-order valence-electron chi connectivity index (χ4n) is 2.66. The molecule has 1 aromatic carbocycles. The zero-order chi connectivity index (χ0) is 14.7. The molecule has 0 amide bonds. The summed E-state index contributed by atoms with van der Waals surface area (Å²) in [7, 11) is 1.97. The molecule has 0 saturated heterocycles. The fraction of sp³-hybridized carbons (Fsp3) is 0.312. The maximum absolute atomic E-state index is 4.49. The first kappa shape index (κ1) is 13.7. The number of aryl methyl sites for hydroxylation is 1. The lowest BCUT2D eigenvalue weighted by Crippen LogP contribution is -2.21. The van der Waals surface area contributed by atoms with Crippen molar-refractivity contribution in [3.05, 3.63) is 54.4 Å². The number of benzene rings is 1. The topological polar surface area (TPSA) is 55.6 Å². The van der Waals surface area contributed by atoms with Crippen LogP contribution in [-0.2, 0) is 13.0 Å². The molecule has 0 spiro atoms. The van der Waals surface area contributed by atoms with Crippen LogP contribution in [0.3, 0.4) is 0 Å². The van der Waals surface area contributed by atoms with Crippen LogP contribution in [0.25, 0.3) is 11.0 Å². The summed E-state index contributed by atoms with van der Waals surface area (Å²) in [6.45, 7) is 3.06. The van der Waals surface area contributed by atoms with E-state index in [0.29, 0.717) is 0 Å². The van der Waals surface area contributed by atoms with Crippen molar-refractivity contribution in [2.75, 3.05) is 7.05 Å². The van der Waals surface area contributed by atoms with Gasteiger partial charge in [0, 0.05) is 43.8 Å². The highest BCUT2D eigenvalue weighted by molar-refractivity contribution is 5.78. The number of fused-ring (bicyclic) bond motifs is 1. The van der Waals surface area contributed by atoms with Crippen molar-refractivity contribution in [1.29, 1.82) is 0 Å². The van der Waals surface area contributed by atoms with E-state index < -0.39 is 0 Å². The summed E-state index contributed by atoms with van der Waals surface area (Å²) in [6.07, 6.45) is 8.17. The summed E-state index contributed by atoms with van der Waals surface area (Å²) in [5.74, 6) is 1.08. The van der Waals surface area contributed by atoms with E-state index in [0.717, 1.165) is 35.4 Å². The van der Waals surface area contributed by atoms with Crippen molar-refractivity contribution in [2.45, 2.75) is 25.9 Å². The highest BCUT2D eigenvalue weighted by Gasteiger charge is 2.16. The molecular weight excluding hydrogens is 262 g/mol. The monoisotopic (exact) mass is 281 g/mol. The molecule has 0 bridgehead atoms. The van der Waals surface area contributed by atoms with Gasteiger partial charge < -0.3 is 9.88 Å². The van der Waals surface area contributed by atoms with Crippen LogP contribution in [0.4, 0.5) is 0 Å². The number of nitrogens with one attached hydrogen (secondary N) is 1. The first-order valence-electron chi connectivity index (χ1n) is 7.20. The average Bonchev–Trinajstić information content (AvgIpc) is 2.99. The van der Waals surface area contributed by atoms with E-state index >= 15 is 0 Å². The minimum absolute atomic E-state index is 0.165. The number of likely N-dealkylation sites (N-methyl/N-ethyl adjacent to an activating group) is 1. The van der Waals surface area contributed by atoms with E-state index in [9.17, 15) is 0 Å². The molecule has 21 heavy (non-hydrogen) atoms. The molecule has 2 aromatic heterocycles. The van der Waals surface area contributed by atoms with Gasteiger partial charge in [0.15, 0.2) is 0 Å². The predicted molar refractivity (Wildman–Crippen MR) is 82.9 cm³/mol. The quantitative estimate of drug-likeness (QED) is 0.780. The highest BCUT2D eigenvalue weighted by Crippen LogP contribution is 2.23. The van der Waals surface area contributed by atoms with Gasteiger partial charge in [-0.25, -0.2) is 4.98 Å². The van der Waals surface area contributed by atoms with Crippen molar-refractivity contribution in [2.24, 2.45) is 0 Å². The van der Waals surface area contributed by atoms with Gasteiger partial charge in [0.2, 0.25) is 0 Å². The lowest BCUT2D eigenvalue weighted by Gasteiger charge is -2.18. The smallest absolute Gasteiger partial charge is 0.110 e. The first-order chi connectivity index (χ1) is 10.3. The molecule has 5 nitrogen and oxygen atoms in total. The average molecular weight is 281 g/mol. The standard InChI is InChI=1S/C16H19N5/c1-3-21-10-9-19-15(21)11-14(17-2)12-5-4-6-13-16(12)20-8-7-18-13/h4-10,14,17H,3,11H2,1-2H3. The Morgan fingerprint density at radius 2 is 2.00 bits per heavy atom. The second-order valence-corrected chi connectivity index (χ2v) is 4.95. The molecule has 2 heterocycles. The lowest BCUT2D eigenvalue weighted by molar-refractivity contribution is 0.555. The minimum atomic E-state index is 0.165. The van der Waals surface area contributed by atoms with Crippen molar-refractivity contribution in [3.8, 4) is 0 Å². The SMILES string of the molecule is CCn1ccnc1CC(NC)c1cccc2nccnc12. The molecule has 3 aromatic rings. The molecule has 0 aliphatic rings. The van der Waals surface area contributed by atoms with E-state index in [4.69, 9.17) is 0 Å². The van der Waals surface area contributed by atoms with Gasteiger partial charge in [-0.15, -0.1) is 0 Å². The summed E-state index contributed by atoms with van der Waals surface area (Å²) in [5.41, 5.74) is 3.04. The Morgan fingerprint density at radius 1 is 1.14 bits per heavy atom. The van der Waals surface area contributed by atoms with Gasteiger partial charge in [0.1, 0.15) is 5.82 Å². The Balaban J connectivity index is 1.99. The third kappa shape index (κ3) is 2.64. The Bertz CT molecular complexity index is 729. The zero-order valence-corrected chi connectivity index (χ0v) is 12.3. The van der Waals surface area contributed by atoms with E-state index in [1.165, 1.54) is 0 Å². The van der Waals surface area contributed by atoms with Gasteiger partial charge in [-0.2, -0.15) is 0 Å². The zero-order valence-electron chi connectivity index (χ0n) is 12.3. The van der Waals surface area contributed by atoms with E-state index in [1.54, 1.807) is 12.4 Å². The van der Waals surface area contributed by atoms with Crippen LogP contribution in [0.1, 0.15) is 24.4 Å². The number of hydrogen-bond acceptors (Lipinski definition) is 4. The van der Waals surface area contributed by atoms with E-state index in [2.05, 4.69) is 37.8 Å². The highest BCUT2D eigenvalue weighted by atomic mass is 15.1. The number of nitrogens with zero attached hydrogens (tertiary/aromatic N) is 4. The van der Waals surface area contributed by atoms with Gasteiger partial charge in [-0.1, -0.05) is 12.1 Å². The van der Waals surface area contributed by atoms with Gasteiger partial charge in [-0.3, -0.25) is 9.97 Å². The molecule has 0 fully saturated rings. The van der Waals surface area contributed by atoms with E-state index in [1.807, 2.05) is 31.6 Å². The molecular formula is C16H19N5. The third-order valence-electron chi connectivity index (χ3n) is 3.78. The van der Waals surface area contributed by atoms with Crippen LogP contribution in [0.2, 0.25) is 0 Å². The second kappa shape index (κ2) is 6.01. The van der Waals surface area contributed by atoms with Crippen molar-refractivity contribution in [3.63, 3.8) is 0 Å². The van der Waals surface area contributed by atoms with Crippen LogP contribution in [0.5, 0.6) is 0 Å². The largest absolute Gasteiger partial charge is 0.335 e. The van der Waals surface area contributed by atoms with Crippen molar-refractivity contribution >= 4 is 11.0 Å². The number of imidazole rings is 1. The molecule has 0 aliphatic carbocycles. The Hall–Kier alpha value is -2.27. The molecule has 0 radical (unpaired) electrons. The minimum Gasteiger partial charge on any atom is -0.335 e. The Kier molecular flexibility index (Phi) is 3.92. The summed E-state index contributed by atoms with van der Waals surface area (Å²) in [4.78, 5) is 13.3. The number of para-hydroxylation sites is 1. The predicted octanol–water partition coefficient (Wildman–Crippen LogP) is 2.35. The van der Waals surface area contributed by atoms with Gasteiger partial charge in [0.25, 0.3) is 0 Å². The van der Waals surface area contributed by atoms with Crippen molar-refractivity contribution in [1.82, 2.24) is 24.8 Å². The second-order valence-electron chi connectivity index (χ2n) is 4.95. The number of hydrogen-bond donors (Lipinski definition) is 1. The van der Waals surface area contributed by atoms with Gasteiger partial charge in [-0.05, 0) is 25.6 Å². The fourth-order valence-corrected chi connectivity index (χ4v) is 2.66. The lowest BCUT2D eigenvalue weighted by atomic mass is 10.0. The molecule has 3 rings (SSSR count). The van der Waals surface area contributed by atoms with Crippen LogP contribution in [-0.4, -0.2) is 26.6 Å². The van der Waals surface area contributed by atoms with Crippen LogP contribution in [0, 0.1) is 0 Å². The molecule has 0 saturated carbocycles. The maximum atomic E-state index is 4.49. The Morgan fingerprint density at radius 3 is 2.81 bits per heavy atom. The van der Waals surface area contributed by atoms with Gasteiger partial charge in [0.05, 0.1) is 11.0 Å². The van der Waals surface area contributed by atoms with E-state index in [-0.39, 0.29) is 6.04 Å². The number of aromatic nitrogens is 4. The summed E-state index contributed by atoms with van der Waals surface area (Å²) in [5, 5.41) is 3.38. The normalized spacial score (nSPS) is 12.7. The summed E-state index contributed by atoms with van der Waals surface area (Å²) >= 11 is 0. The molecule has 108 valence electrons. The molecule has 5 heteroatoms. The molecule has 1 atom stereocenters. The molecule has 1 N–H and O–H groups in total. The third-order valence-corrected chi connectivity index (χ3v) is 3.78. The molecule has 1 unspecified atom stereocenters. The van der Waals surface area contributed by atoms with Gasteiger partial charge >= 0.3 is 0 Å². The first-order valence-corrected chi connectivity index (χ1v) is 7.20. The van der Waals surface area contributed by atoms with Crippen LogP contribution >= 0.6 is 0 Å². The number of rotatable bonds is 5. The van der Waals surface area contributed by atoms with Crippen LogP contribution < -0.4 is 5.32 Å². The molecule has 0 aliphatic heterocycles. The van der Waals surface area contributed by atoms with Crippen molar-refractivity contribution < 1.29 is 0 Å². The summed E-state index contributed by atoms with van der Waals surface area (Å²) < 4.78 is 2.17. The Labute approximate surface area is 124 Å². The maximum Gasteiger partial charge on any atom is 0.110 e. The summed E-state index contributed by atoms with van der Waals surface area (Å²) in [6, 6.07) is 6.30. The van der Waals surface area contributed by atoms with Crippen LogP contribution in [0.15, 0.2) is 43.0 Å².